The third kappa shape index (κ3) is 2.94. The summed E-state index contributed by atoms with van der Waals surface area (Å²) in [6.45, 7) is 6.28. The lowest BCUT2D eigenvalue weighted by Gasteiger charge is -2.39. The van der Waals surface area contributed by atoms with Crippen LogP contribution >= 0.6 is 0 Å². The summed E-state index contributed by atoms with van der Waals surface area (Å²) in [6, 6.07) is 7.39. The fourth-order valence-electron chi connectivity index (χ4n) is 4.08. The van der Waals surface area contributed by atoms with Crippen LogP contribution in [0.25, 0.3) is 0 Å². The van der Waals surface area contributed by atoms with Gasteiger partial charge in [0.1, 0.15) is 6.04 Å². The second kappa shape index (κ2) is 6.96. The van der Waals surface area contributed by atoms with E-state index >= 15 is 0 Å². The van der Waals surface area contributed by atoms with E-state index in [1.165, 1.54) is 6.42 Å². The first-order valence-corrected chi connectivity index (χ1v) is 9.26. The number of carbonyl (C=O) groups is 2. The van der Waals surface area contributed by atoms with Gasteiger partial charge in [0, 0.05) is 17.6 Å². The highest BCUT2D eigenvalue weighted by atomic mass is 16.2. The van der Waals surface area contributed by atoms with E-state index in [1.54, 1.807) is 0 Å². The Morgan fingerprint density at radius 3 is 2.71 bits per heavy atom. The van der Waals surface area contributed by atoms with Crippen molar-refractivity contribution in [1.29, 1.82) is 0 Å². The van der Waals surface area contributed by atoms with Crippen molar-refractivity contribution in [3.05, 3.63) is 35.4 Å². The zero-order valence-corrected chi connectivity index (χ0v) is 14.9. The highest BCUT2D eigenvalue weighted by molar-refractivity contribution is 6.05. The van der Waals surface area contributed by atoms with E-state index in [0.29, 0.717) is 11.5 Å². The Labute approximate surface area is 144 Å². The average molecular weight is 328 g/mol. The quantitative estimate of drug-likeness (QED) is 0.916. The van der Waals surface area contributed by atoms with Gasteiger partial charge in [-0.05, 0) is 43.7 Å². The molecule has 0 saturated heterocycles. The number of hydrogen-bond donors (Lipinski definition) is 1. The van der Waals surface area contributed by atoms with E-state index < -0.39 is 6.04 Å². The molecule has 1 saturated carbocycles. The zero-order valence-electron chi connectivity index (χ0n) is 14.9. The first-order valence-electron chi connectivity index (χ1n) is 9.26. The van der Waals surface area contributed by atoms with E-state index in [9.17, 15) is 9.59 Å². The van der Waals surface area contributed by atoms with Crippen LogP contribution in [0.5, 0.6) is 0 Å². The predicted octanol–water partition coefficient (Wildman–Crippen LogP) is 3.68. The van der Waals surface area contributed by atoms with Gasteiger partial charge in [0.05, 0.1) is 0 Å². The van der Waals surface area contributed by atoms with E-state index in [4.69, 9.17) is 0 Å². The summed E-state index contributed by atoms with van der Waals surface area (Å²) in [5, 5.41) is 3.08. The number of amides is 2. The van der Waals surface area contributed by atoms with Gasteiger partial charge in [0.15, 0.2) is 0 Å². The highest BCUT2D eigenvalue weighted by Crippen LogP contribution is 2.40. The van der Waals surface area contributed by atoms with Gasteiger partial charge in [-0.1, -0.05) is 44.9 Å². The molecule has 1 aromatic carbocycles. The molecule has 4 nitrogen and oxygen atoms in total. The molecule has 1 aliphatic heterocycles. The third-order valence-corrected chi connectivity index (χ3v) is 5.67. The molecule has 24 heavy (non-hydrogen) atoms. The SMILES string of the molecule is CCC(C)NC(=O)C1c2ccccc2C(=O)N1C1CCCCC1C. The van der Waals surface area contributed by atoms with Crippen molar-refractivity contribution >= 4 is 11.8 Å². The van der Waals surface area contributed by atoms with Gasteiger partial charge in [-0.2, -0.15) is 0 Å². The number of rotatable bonds is 4. The second-order valence-corrected chi connectivity index (χ2v) is 7.35. The van der Waals surface area contributed by atoms with Crippen molar-refractivity contribution in [2.75, 3.05) is 0 Å². The van der Waals surface area contributed by atoms with Gasteiger partial charge >= 0.3 is 0 Å². The molecule has 1 heterocycles. The van der Waals surface area contributed by atoms with Crippen molar-refractivity contribution in [2.45, 2.75) is 71.0 Å². The maximum Gasteiger partial charge on any atom is 0.255 e. The molecule has 1 aliphatic carbocycles. The van der Waals surface area contributed by atoms with Gasteiger partial charge in [-0.15, -0.1) is 0 Å². The Hall–Kier alpha value is -1.84. The predicted molar refractivity (Wildman–Crippen MR) is 94.7 cm³/mol. The molecule has 1 fully saturated rings. The maximum absolute atomic E-state index is 13.1. The summed E-state index contributed by atoms with van der Waals surface area (Å²) in [5.41, 5.74) is 1.56. The summed E-state index contributed by atoms with van der Waals surface area (Å²) in [7, 11) is 0. The number of carbonyl (C=O) groups excluding carboxylic acids is 2. The van der Waals surface area contributed by atoms with Crippen LogP contribution in [0, 0.1) is 5.92 Å². The first-order chi connectivity index (χ1) is 11.5. The van der Waals surface area contributed by atoms with E-state index in [0.717, 1.165) is 31.2 Å². The minimum absolute atomic E-state index is 0.0219. The zero-order chi connectivity index (χ0) is 17.3. The van der Waals surface area contributed by atoms with Gasteiger partial charge in [0.2, 0.25) is 5.91 Å². The van der Waals surface area contributed by atoms with Crippen molar-refractivity contribution in [3.63, 3.8) is 0 Å². The Balaban J connectivity index is 1.96. The lowest BCUT2D eigenvalue weighted by atomic mass is 9.84. The summed E-state index contributed by atoms with van der Waals surface area (Å²) < 4.78 is 0. The summed E-state index contributed by atoms with van der Waals surface area (Å²) in [6.07, 6.45) is 5.36. The number of benzene rings is 1. The molecule has 2 aliphatic rings. The van der Waals surface area contributed by atoms with Crippen molar-refractivity contribution in [2.24, 2.45) is 5.92 Å². The summed E-state index contributed by atoms with van der Waals surface area (Å²) in [4.78, 5) is 27.9. The number of fused-ring (bicyclic) bond motifs is 1. The Bertz CT molecular complexity index is 628. The highest BCUT2D eigenvalue weighted by Gasteiger charge is 2.46. The number of nitrogens with zero attached hydrogens (tertiary/aromatic N) is 1. The molecule has 0 radical (unpaired) electrons. The van der Waals surface area contributed by atoms with Gasteiger partial charge in [0.25, 0.3) is 5.91 Å². The molecule has 0 bridgehead atoms. The Kier molecular flexibility index (Phi) is 4.93. The molecule has 0 spiro atoms. The minimum Gasteiger partial charge on any atom is -0.352 e. The third-order valence-electron chi connectivity index (χ3n) is 5.67. The maximum atomic E-state index is 13.1. The topological polar surface area (TPSA) is 49.4 Å². The van der Waals surface area contributed by atoms with Gasteiger partial charge in [-0.3, -0.25) is 9.59 Å². The number of hydrogen-bond acceptors (Lipinski definition) is 2. The molecule has 0 aromatic heterocycles. The van der Waals surface area contributed by atoms with E-state index in [2.05, 4.69) is 19.2 Å². The van der Waals surface area contributed by atoms with Crippen LogP contribution in [-0.2, 0) is 4.79 Å². The molecule has 130 valence electrons. The molecule has 4 unspecified atom stereocenters. The molecule has 3 rings (SSSR count). The smallest absolute Gasteiger partial charge is 0.255 e. The fraction of sp³-hybridized carbons (Fsp3) is 0.600. The van der Waals surface area contributed by atoms with E-state index in [-0.39, 0.29) is 23.9 Å². The summed E-state index contributed by atoms with van der Waals surface area (Å²) in [5.74, 6) is 0.421. The van der Waals surface area contributed by atoms with Crippen LogP contribution in [0.1, 0.15) is 74.8 Å². The Morgan fingerprint density at radius 1 is 1.29 bits per heavy atom. The lowest BCUT2D eigenvalue weighted by molar-refractivity contribution is -0.127. The van der Waals surface area contributed by atoms with Crippen molar-refractivity contribution in [1.82, 2.24) is 10.2 Å². The van der Waals surface area contributed by atoms with Crippen molar-refractivity contribution < 1.29 is 9.59 Å². The normalized spacial score (nSPS) is 27.7. The molecule has 4 heteroatoms. The van der Waals surface area contributed by atoms with Crippen LogP contribution in [0.4, 0.5) is 0 Å². The molecular formula is C20H28N2O2. The monoisotopic (exact) mass is 328 g/mol. The van der Waals surface area contributed by atoms with Crippen LogP contribution in [0.3, 0.4) is 0 Å². The molecule has 1 aromatic rings. The van der Waals surface area contributed by atoms with Gasteiger partial charge in [-0.25, -0.2) is 0 Å². The van der Waals surface area contributed by atoms with Crippen LogP contribution in [0.2, 0.25) is 0 Å². The molecule has 4 atom stereocenters. The van der Waals surface area contributed by atoms with Crippen molar-refractivity contribution in [3.8, 4) is 0 Å². The largest absolute Gasteiger partial charge is 0.352 e. The fourth-order valence-corrected chi connectivity index (χ4v) is 4.08. The van der Waals surface area contributed by atoms with Gasteiger partial charge < -0.3 is 10.2 Å². The van der Waals surface area contributed by atoms with Crippen LogP contribution < -0.4 is 5.32 Å². The second-order valence-electron chi connectivity index (χ2n) is 7.35. The first kappa shape index (κ1) is 17.0. The van der Waals surface area contributed by atoms with Crippen LogP contribution in [0.15, 0.2) is 24.3 Å². The Morgan fingerprint density at radius 2 is 2.00 bits per heavy atom. The number of nitrogens with one attached hydrogen (secondary N) is 1. The molecule has 1 N–H and O–H groups in total. The van der Waals surface area contributed by atoms with E-state index in [1.807, 2.05) is 36.1 Å². The standard InChI is InChI=1S/C20H28N2O2/c1-4-14(3)21-19(23)18-15-10-6-7-11-16(15)20(24)22(18)17-12-8-5-9-13(17)2/h6-7,10-11,13-14,17-18H,4-5,8-9,12H2,1-3H3,(H,21,23). The molecular weight excluding hydrogens is 300 g/mol. The average Bonchev–Trinajstić information content (AvgIpc) is 2.88. The van der Waals surface area contributed by atoms with Crippen LogP contribution in [-0.4, -0.2) is 28.8 Å². The summed E-state index contributed by atoms with van der Waals surface area (Å²) >= 11 is 0. The lowest BCUT2D eigenvalue weighted by Crippen LogP contribution is -2.49. The minimum atomic E-state index is -0.478. The molecule has 2 amide bonds.